The second-order valence-electron chi connectivity index (χ2n) is 5.68. The van der Waals surface area contributed by atoms with E-state index >= 15 is 0 Å². The van der Waals surface area contributed by atoms with Gasteiger partial charge in [0.1, 0.15) is 10.6 Å². The number of sulfonamides is 1. The summed E-state index contributed by atoms with van der Waals surface area (Å²) in [6.07, 6.45) is 0. The van der Waals surface area contributed by atoms with Crippen LogP contribution in [0, 0.1) is 0 Å². The molecule has 0 aliphatic heterocycles. The third kappa shape index (κ3) is 5.17. The maximum Gasteiger partial charge on any atom is 0.246 e. The van der Waals surface area contributed by atoms with Crippen LogP contribution in [0.25, 0.3) is 0 Å². The van der Waals surface area contributed by atoms with Gasteiger partial charge in [0.25, 0.3) is 0 Å². The van der Waals surface area contributed by atoms with E-state index in [2.05, 4.69) is 10.6 Å². The number of nitrogens with zero attached hydrogens (tertiary/aromatic N) is 1. The molecule has 0 saturated carbocycles. The van der Waals surface area contributed by atoms with E-state index in [0.717, 1.165) is 9.87 Å². The van der Waals surface area contributed by atoms with Crippen LogP contribution in [0.2, 0.25) is 0 Å². The van der Waals surface area contributed by atoms with E-state index in [4.69, 9.17) is 17.0 Å². The zero-order valence-corrected chi connectivity index (χ0v) is 16.7. The van der Waals surface area contributed by atoms with Crippen molar-refractivity contribution in [2.75, 3.05) is 26.0 Å². The van der Waals surface area contributed by atoms with Crippen molar-refractivity contribution >= 4 is 33.0 Å². The van der Waals surface area contributed by atoms with Crippen molar-refractivity contribution in [1.29, 1.82) is 0 Å². The fraction of sp³-hybridized carbons (Fsp3) is 0.278. The Morgan fingerprint density at radius 2 is 1.85 bits per heavy atom. The predicted molar refractivity (Wildman–Crippen MR) is 108 cm³/mol. The Balaban J connectivity index is 2.15. The maximum absolute atomic E-state index is 12.5. The summed E-state index contributed by atoms with van der Waals surface area (Å²) in [5.74, 6) is 0.315. The molecule has 2 N–H and O–H groups in total. The maximum atomic E-state index is 12.5. The normalized spacial score (nSPS) is 11.2. The lowest BCUT2D eigenvalue weighted by atomic mass is 10.2. The Morgan fingerprint density at radius 1 is 1.15 bits per heavy atom. The average Bonchev–Trinajstić information content (AvgIpc) is 2.62. The fourth-order valence-electron chi connectivity index (χ4n) is 2.21. The van der Waals surface area contributed by atoms with Crippen LogP contribution in [0.5, 0.6) is 5.75 Å². The molecule has 0 unspecified atom stereocenters. The SMILES string of the molecule is CCOc1ccc(NC(=S)NCc2ccccc2)cc1S(=O)(=O)N(C)C. The third-order valence-electron chi connectivity index (χ3n) is 3.56. The molecule has 0 saturated heterocycles. The molecule has 0 aliphatic carbocycles. The lowest BCUT2D eigenvalue weighted by Crippen LogP contribution is -2.28. The molecule has 0 fully saturated rings. The van der Waals surface area contributed by atoms with Crippen LogP contribution in [0.1, 0.15) is 12.5 Å². The highest BCUT2D eigenvalue weighted by molar-refractivity contribution is 7.89. The molecule has 0 radical (unpaired) electrons. The number of benzene rings is 2. The summed E-state index contributed by atoms with van der Waals surface area (Å²) in [7, 11) is -0.672. The molecule has 0 amide bonds. The number of nitrogens with one attached hydrogen (secondary N) is 2. The van der Waals surface area contributed by atoms with Crippen LogP contribution in [0.3, 0.4) is 0 Å². The first-order valence-electron chi connectivity index (χ1n) is 8.12. The molecule has 0 bridgehead atoms. The lowest BCUT2D eigenvalue weighted by Gasteiger charge is -2.17. The van der Waals surface area contributed by atoms with Gasteiger partial charge >= 0.3 is 0 Å². The van der Waals surface area contributed by atoms with Gasteiger partial charge < -0.3 is 15.4 Å². The minimum absolute atomic E-state index is 0.0974. The first-order chi connectivity index (χ1) is 12.3. The van der Waals surface area contributed by atoms with Gasteiger partial charge in [-0.15, -0.1) is 0 Å². The van der Waals surface area contributed by atoms with E-state index < -0.39 is 10.0 Å². The molecular weight excluding hydrogens is 370 g/mol. The van der Waals surface area contributed by atoms with E-state index in [-0.39, 0.29) is 4.90 Å². The molecule has 0 spiro atoms. The van der Waals surface area contributed by atoms with Crippen molar-refractivity contribution in [3.63, 3.8) is 0 Å². The van der Waals surface area contributed by atoms with Gasteiger partial charge in [-0.2, -0.15) is 0 Å². The second kappa shape index (κ2) is 8.98. The zero-order chi connectivity index (χ0) is 19.2. The minimum atomic E-state index is -3.64. The zero-order valence-electron chi connectivity index (χ0n) is 15.0. The fourth-order valence-corrected chi connectivity index (χ4v) is 3.45. The predicted octanol–water partition coefficient (Wildman–Crippen LogP) is 2.82. The van der Waals surface area contributed by atoms with Crippen molar-refractivity contribution in [2.24, 2.45) is 0 Å². The Labute approximate surface area is 160 Å². The number of anilines is 1. The monoisotopic (exact) mass is 393 g/mol. The van der Waals surface area contributed by atoms with Crippen molar-refractivity contribution in [1.82, 2.24) is 9.62 Å². The highest BCUT2D eigenvalue weighted by Crippen LogP contribution is 2.29. The second-order valence-corrected chi connectivity index (χ2v) is 8.20. The number of thiocarbonyl (C=S) groups is 1. The summed E-state index contributed by atoms with van der Waals surface area (Å²) in [6, 6.07) is 14.7. The summed E-state index contributed by atoms with van der Waals surface area (Å²) in [5.41, 5.74) is 1.67. The smallest absolute Gasteiger partial charge is 0.246 e. The van der Waals surface area contributed by atoms with Gasteiger partial charge in [0, 0.05) is 26.3 Å². The van der Waals surface area contributed by atoms with Gasteiger partial charge in [-0.1, -0.05) is 30.3 Å². The van der Waals surface area contributed by atoms with Crippen molar-refractivity contribution in [3.05, 3.63) is 54.1 Å². The Kier molecular flexibility index (Phi) is 6.96. The Bertz CT molecular complexity index is 853. The van der Waals surface area contributed by atoms with Crippen LogP contribution in [0.4, 0.5) is 5.69 Å². The minimum Gasteiger partial charge on any atom is -0.492 e. The van der Waals surface area contributed by atoms with Crippen LogP contribution in [-0.4, -0.2) is 38.5 Å². The third-order valence-corrected chi connectivity index (χ3v) is 5.64. The molecular formula is C18H23N3O3S2. The molecule has 140 valence electrons. The number of ether oxygens (including phenoxy) is 1. The number of hydrogen-bond acceptors (Lipinski definition) is 4. The molecule has 2 rings (SSSR count). The van der Waals surface area contributed by atoms with Crippen LogP contribution < -0.4 is 15.4 Å². The molecule has 2 aromatic rings. The van der Waals surface area contributed by atoms with Gasteiger partial charge in [-0.25, -0.2) is 12.7 Å². The summed E-state index contributed by atoms with van der Waals surface area (Å²) in [6.45, 7) is 2.76. The molecule has 0 aromatic heterocycles. The van der Waals surface area contributed by atoms with Crippen LogP contribution >= 0.6 is 12.2 Å². The molecule has 2 aromatic carbocycles. The number of rotatable bonds is 7. The summed E-state index contributed by atoms with van der Waals surface area (Å²) < 4.78 is 31.7. The van der Waals surface area contributed by atoms with Crippen molar-refractivity contribution in [3.8, 4) is 5.75 Å². The average molecular weight is 394 g/mol. The molecule has 8 heteroatoms. The van der Waals surface area contributed by atoms with Crippen LogP contribution in [-0.2, 0) is 16.6 Å². The summed E-state index contributed by atoms with van der Waals surface area (Å²) in [5, 5.41) is 6.52. The summed E-state index contributed by atoms with van der Waals surface area (Å²) >= 11 is 5.29. The topological polar surface area (TPSA) is 70.7 Å². The first-order valence-corrected chi connectivity index (χ1v) is 9.97. The van der Waals surface area contributed by atoms with E-state index in [0.29, 0.717) is 29.7 Å². The van der Waals surface area contributed by atoms with Crippen molar-refractivity contribution < 1.29 is 13.2 Å². The quantitative estimate of drug-likeness (QED) is 0.705. The van der Waals surface area contributed by atoms with E-state index in [1.165, 1.54) is 20.2 Å². The molecule has 26 heavy (non-hydrogen) atoms. The largest absolute Gasteiger partial charge is 0.492 e. The van der Waals surface area contributed by atoms with Gasteiger partial charge in [-0.3, -0.25) is 0 Å². The highest BCUT2D eigenvalue weighted by Gasteiger charge is 2.23. The highest BCUT2D eigenvalue weighted by atomic mass is 32.2. The molecule has 0 aliphatic rings. The standard InChI is InChI=1S/C18H23N3O3S2/c1-4-24-16-11-10-15(12-17(16)26(22,23)21(2)3)20-18(25)19-13-14-8-6-5-7-9-14/h5-12H,4,13H2,1-3H3,(H2,19,20,25). The molecule has 0 atom stereocenters. The van der Waals surface area contributed by atoms with E-state index in [9.17, 15) is 8.42 Å². The molecule has 0 heterocycles. The van der Waals surface area contributed by atoms with Gasteiger partial charge in [0.2, 0.25) is 10.0 Å². The van der Waals surface area contributed by atoms with Gasteiger partial charge in [0.15, 0.2) is 5.11 Å². The molecule has 6 nitrogen and oxygen atoms in total. The van der Waals surface area contributed by atoms with Crippen LogP contribution in [0.15, 0.2) is 53.4 Å². The Hall–Kier alpha value is -2.16. The first kappa shape index (κ1) is 20.2. The number of hydrogen-bond donors (Lipinski definition) is 2. The van der Waals surface area contributed by atoms with E-state index in [1.807, 2.05) is 30.3 Å². The van der Waals surface area contributed by atoms with Gasteiger partial charge in [0.05, 0.1) is 6.61 Å². The van der Waals surface area contributed by atoms with E-state index in [1.54, 1.807) is 19.1 Å². The van der Waals surface area contributed by atoms with Gasteiger partial charge in [-0.05, 0) is 42.9 Å². The van der Waals surface area contributed by atoms with Crippen molar-refractivity contribution in [2.45, 2.75) is 18.4 Å². The lowest BCUT2D eigenvalue weighted by molar-refractivity contribution is 0.330. The summed E-state index contributed by atoms with van der Waals surface area (Å²) in [4.78, 5) is 0.0974. The Morgan fingerprint density at radius 3 is 2.46 bits per heavy atom.